The largest absolute Gasteiger partial charge is 0.480 e. The van der Waals surface area contributed by atoms with Gasteiger partial charge in [0.1, 0.15) is 11.8 Å². The third-order valence-corrected chi connectivity index (χ3v) is 8.04. The summed E-state index contributed by atoms with van der Waals surface area (Å²) in [6.45, 7) is 4.59. The van der Waals surface area contributed by atoms with Crippen LogP contribution in [0.4, 0.5) is 0 Å². The first-order valence-electron chi connectivity index (χ1n) is 15.2. The highest BCUT2D eigenvalue weighted by molar-refractivity contribution is 6.43. The number of nitrogens with one attached hydrogen (secondary N) is 1. The van der Waals surface area contributed by atoms with Crippen molar-refractivity contribution in [1.82, 2.24) is 29.8 Å². The van der Waals surface area contributed by atoms with Crippen LogP contribution in [-0.2, 0) is 28.8 Å². The fraction of sp³-hybridized carbons (Fsp3) is 0.778. The summed E-state index contributed by atoms with van der Waals surface area (Å²) in [5.41, 5.74) is 0. The highest BCUT2D eigenvalue weighted by atomic mass is 16.4. The molecule has 254 valence electrons. The van der Waals surface area contributed by atoms with Crippen molar-refractivity contribution in [2.75, 3.05) is 85.1 Å². The Hall–Kier alpha value is -3.16. The van der Waals surface area contributed by atoms with Gasteiger partial charge in [0, 0.05) is 71.2 Å². The van der Waals surface area contributed by atoms with Crippen molar-refractivity contribution in [3.63, 3.8) is 0 Å². The summed E-state index contributed by atoms with van der Waals surface area (Å²) in [4.78, 5) is 81.1. The standard InChI is InChI=1S/C27H47BN6O11/c1-19(26(42)29-20(2)27(43)34-5-3-4-22(34)28(44)45)14-21(35)15-30-6-8-31(16-23(36)37)10-12-33(18-25(40)41)13-11-32(9-7-30)17-24(38)39/h19-20,22,44-45H,3-18H2,1-2H3,(H,29,42)(H,36,37)(H,38,39)(H,40,41)/t19-,20-,22+/m1/s1. The number of Topliss-reactive ketones (excluding diaryl/α,β-unsaturated/α-hetero) is 1. The zero-order valence-corrected chi connectivity index (χ0v) is 26.0. The highest BCUT2D eigenvalue weighted by Crippen LogP contribution is 2.19. The third kappa shape index (κ3) is 13.8. The number of carboxylic acids is 3. The van der Waals surface area contributed by atoms with Gasteiger partial charge in [0.2, 0.25) is 11.8 Å². The van der Waals surface area contributed by atoms with Gasteiger partial charge in [-0.15, -0.1) is 0 Å². The lowest BCUT2D eigenvalue weighted by Crippen LogP contribution is -2.53. The normalized spacial score (nSPS) is 21.2. The van der Waals surface area contributed by atoms with E-state index in [1.807, 2.05) is 0 Å². The van der Waals surface area contributed by atoms with E-state index < -0.39 is 54.7 Å². The Labute approximate surface area is 262 Å². The minimum Gasteiger partial charge on any atom is -0.480 e. The summed E-state index contributed by atoms with van der Waals surface area (Å²) in [7, 11) is -1.68. The number of likely N-dealkylation sites (tertiary alicyclic amines) is 1. The van der Waals surface area contributed by atoms with E-state index >= 15 is 0 Å². The van der Waals surface area contributed by atoms with E-state index in [0.29, 0.717) is 19.4 Å². The maximum atomic E-state index is 13.1. The molecule has 0 unspecified atom stereocenters. The first kappa shape index (κ1) is 38.0. The van der Waals surface area contributed by atoms with E-state index in [1.54, 1.807) is 26.5 Å². The van der Waals surface area contributed by atoms with Crippen LogP contribution in [0.3, 0.4) is 0 Å². The van der Waals surface area contributed by atoms with E-state index in [1.165, 1.54) is 11.8 Å². The zero-order chi connectivity index (χ0) is 33.7. The predicted octanol–water partition coefficient (Wildman–Crippen LogP) is -3.44. The van der Waals surface area contributed by atoms with Gasteiger partial charge in [0.05, 0.1) is 32.1 Å². The van der Waals surface area contributed by atoms with Crippen LogP contribution in [0, 0.1) is 5.92 Å². The van der Waals surface area contributed by atoms with E-state index in [0.717, 1.165) is 0 Å². The average molecular weight is 643 g/mol. The van der Waals surface area contributed by atoms with Crippen LogP contribution in [0.2, 0.25) is 0 Å². The smallest absolute Gasteiger partial charge is 0.475 e. The average Bonchev–Trinajstić information content (AvgIpc) is 3.43. The molecule has 0 bridgehead atoms. The Kier molecular flexibility index (Phi) is 15.8. The predicted molar refractivity (Wildman–Crippen MR) is 160 cm³/mol. The summed E-state index contributed by atoms with van der Waals surface area (Å²) < 4.78 is 0. The van der Waals surface area contributed by atoms with Crippen molar-refractivity contribution >= 4 is 42.6 Å². The minimum atomic E-state index is -1.68. The van der Waals surface area contributed by atoms with Crippen molar-refractivity contribution in [1.29, 1.82) is 0 Å². The molecule has 0 aromatic carbocycles. The lowest BCUT2D eigenvalue weighted by molar-refractivity contribution is -0.140. The second kappa shape index (κ2) is 18.7. The Morgan fingerprint density at radius 3 is 1.47 bits per heavy atom. The number of hydrogen-bond donors (Lipinski definition) is 6. The van der Waals surface area contributed by atoms with Crippen LogP contribution in [0.25, 0.3) is 0 Å². The van der Waals surface area contributed by atoms with Crippen LogP contribution in [0.5, 0.6) is 0 Å². The number of nitrogens with zero attached hydrogens (tertiary/aromatic N) is 5. The van der Waals surface area contributed by atoms with Gasteiger partial charge in [0.15, 0.2) is 0 Å². The van der Waals surface area contributed by atoms with Crippen LogP contribution in [-0.4, -0.2) is 190 Å². The molecule has 2 saturated heterocycles. The second-order valence-electron chi connectivity index (χ2n) is 11.8. The fourth-order valence-corrected chi connectivity index (χ4v) is 5.58. The molecule has 45 heavy (non-hydrogen) atoms. The van der Waals surface area contributed by atoms with Gasteiger partial charge in [-0.2, -0.15) is 0 Å². The summed E-state index contributed by atoms with van der Waals surface area (Å²) >= 11 is 0. The first-order valence-corrected chi connectivity index (χ1v) is 15.2. The molecule has 2 aliphatic rings. The monoisotopic (exact) mass is 642 g/mol. The Morgan fingerprint density at radius 2 is 1.09 bits per heavy atom. The molecule has 0 saturated carbocycles. The first-order chi connectivity index (χ1) is 21.2. The summed E-state index contributed by atoms with van der Waals surface area (Å²) in [6, 6.07) is -0.934. The van der Waals surface area contributed by atoms with E-state index in [-0.39, 0.29) is 90.7 Å². The topological polar surface area (TPSA) is 232 Å². The molecule has 0 spiro atoms. The van der Waals surface area contributed by atoms with Crippen molar-refractivity contribution < 1.29 is 54.1 Å². The quantitative estimate of drug-likeness (QED) is 0.101. The molecule has 18 heteroatoms. The maximum Gasteiger partial charge on any atom is 0.475 e. The van der Waals surface area contributed by atoms with Gasteiger partial charge >= 0.3 is 25.0 Å². The number of rotatable bonds is 14. The lowest BCUT2D eigenvalue weighted by atomic mass is 9.78. The van der Waals surface area contributed by atoms with Gasteiger partial charge in [-0.05, 0) is 19.8 Å². The Balaban J connectivity index is 2.03. The van der Waals surface area contributed by atoms with Crippen LogP contribution >= 0.6 is 0 Å². The van der Waals surface area contributed by atoms with Gasteiger partial charge < -0.3 is 35.6 Å². The van der Waals surface area contributed by atoms with Gasteiger partial charge in [0.25, 0.3) is 0 Å². The van der Waals surface area contributed by atoms with Crippen molar-refractivity contribution in [2.45, 2.75) is 45.1 Å². The SMILES string of the molecule is C[C@H](CC(=O)CN1CCN(CC(=O)O)CCN(CC(=O)O)CCN(CC(=O)O)CC1)C(=O)N[C@H](C)C(=O)N1CCC[C@H]1B(O)O. The van der Waals surface area contributed by atoms with Gasteiger partial charge in [-0.25, -0.2) is 0 Å². The minimum absolute atomic E-state index is 0.0666. The van der Waals surface area contributed by atoms with E-state index in [9.17, 15) is 54.1 Å². The number of hydrogen-bond acceptors (Lipinski definition) is 12. The molecule has 6 N–H and O–H groups in total. The molecule has 0 aliphatic carbocycles. The second-order valence-corrected chi connectivity index (χ2v) is 11.8. The van der Waals surface area contributed by atoms with Crippen molar-refractivity contribution in [3.8, 4) is 0 Å². The molecule has 0 aromatic heterocycles. The number of carboxylic acid groups (broad SMARTS) is 3. The van der Waals surface area contributed by atoms with Crippen molar-refractivity contribution in [2.24, 2.45) is 5.92 Å². The van der Waals surface area contributed by atoms with Gasteiger partial charge in [-0.1, -0.05) is 6.92 Å². The molecule has 0 radical (unpaired) electrons. The molecule has 17 nitrogen and oxygen atoms in total. The molecule has 2 heterocycles. The lowest BCUT2D eigenvalue weighted by Gasteiger charge is -2.33. The number of ketones is 1. The zero-order valence-electron chi connectivity index (χ0n) is 26.0. The summed E-state index contributed by atoms with van der Waals surface area (Å²) in [6.07, 6.45) is 0.922. The van der Waals surface area contributed by atoms with Gasteiger partial charge in [-0.3, -0.25) is 48.4 Å². The maximum absolute atomic E-state index is 13.1. The number of carbonyl (C=O) groups is 6. The number of amides is 2. The molecule has 3 atom stereocenters. The van der Waals surface area contributed by atoms with Crippen molar-refractivity contribution in [3.05, 3.63) is 0 Å². The molecular weight excluding hydrogens is 595 g/mol. The fourth-order valence-electron chi connectivity index (χ4n) is 5.58. The molecule has 0 aromatic rings. The molecule has 2 rings (SSSR count). The van der Waals surface area contributed by atoms with Crippen LogP contribution in [0.1, 0.15) is 33.1 Å². The summed E-state index contributed by atoms with van der Waals surface area (Å²) in [5, 5.41) is 49.7. The molecule has 2 fully saturated rings. The highest BCUT2D eigenvalue weighted by Gasteiger charge is 2.38. The number of carbonyl (C=O) groups excluding carboxylic acids is 3. The Bertz CT molecular complexity index is 1020. The molecular formula is C27H47BN6O11. The molecule has 2 amide bonds. The molecule has 2 aliphatic heterocycles. The van der Waals surface area contributed by atoms with Crippen LogP contribution in [0.15, 0.2) is 0 Å². The van der Waals surface area contributed by atoms with E-state index in [4.69, 9.17) is 0 Å². The Morgan fingerprint density at radius 1 is 0.689 bits per heavy atom. The van der Waals surface area contributed by atoms with Crippen LogP contribution < -0.4 is 5.32 Å². The number of aliphatic carboxylic acids is 3. The van der Waals surface area contributed by atoms with E-state index in [2.05, 4.69) is 5.32 Å². The third-order valence-electron chi connectivity index (χ3n) is 8.04. The summed E-state index contributed by atoms with van der Waals surface area (Å²) in [5.74, 6) is -5.89.